The molecule has 1 amide bonds. The minimum Gasteiger partial charge on any atom is -0.339 e. The van der Waals surface area contributed by atoms with Crippen LogP contribution in [0, 0.1) is 0 Å². The van der Waals surface area contributed by atoms with E-state index in [1.54, 1.807) is 6.08 Å². The highest BCUT2D eigenvalue weighted by molar-refractivity contribution is 5.81. The van der Waals surface area contributed by atoms with Crippen LogP contribution in [0.1, 0.15) is 6.42 Å². The molecule has 0 saturated carbocycles. The maximum absolute atomic E-state index is 11.6. The molecule has 1 rings (SSSR count). The molecule has 1 atom stereocenters. The molecule has 0 aromatic heterocycles. The number of rotatable bonds is 3. The van der Waals surface area contributed by atoms with Crippen molar-refractivity contribution in [1.82, 2.24) is 10.2 Å². The number of amides is 1. The van der Waals surface area contributed by atoms with E-state index in [0.29, 0.717) is 6.42 Å². The Bertz CT molecular complexity index is 187. The average Bonchev–Trinajstić information content (AvgIpc) is 2.18. The maximum Gasteiger partial charge on any atom is 0.239 e. The molecule has 1 fully saturated rings. The summed E-state index contributed by atoms with van der Waals surface area (Å²) >= 11 is 0. The van der Waals surface area contributed by atoms with Crippen molar-refractivity contribution in [3.05, 3.63) is 12.7 Å². The Morgan fingerprint density at radius 2 is 2.23 bits per heavy atom. The number of hydrogen-bond donors (Lipinski definition) is 2. The molecule has 74 valence electrons. The summed E-state index contributed by atoms with van der Waals surface area (Å²) in [5.74, 6) is 0.0430. The van der Waals surface area contributed by atoms with E-state index in [1.807, 2.05) is 4.90 Å². The van der Waals surface area contributed by atoms with Crippen molar-refractivity contribution >= 4 is 5.91 Å². The van der Waals surface area contributed by atoms with Crippen molar-refractivity contribution in [3.8, 4) is 0 Å². The van der Waals surface area contributed by atoms with Crippen LogP contribution in [0.4, 0.5) is 0 Å². The lowest BCUT2D eigenvalue weighted by Gasteiger charge is -2.29. The van der Waals surface area contributed by atoms with Gasteiger partial charge in [0.1, 0.15) is 0 Å². The SMILES string of the molecule is C=CCC(N)C(=O)N1CCNCC1. The number of nitrogens with one attached hydrogen (secondary N) is 1. The zero-order valence-electron chi connectivity index (χ0n) is 7.83. The van der Waals surface area contributed by atoms with Gasteiger partial charge in [0, 0.05) is 26.2 Å². The van der Waals surface area contributed by atoms with Crippen LogP contribution in [0.15, 0.2) is 12.7 Å². The van der Waals surface area contributed by atoms with Crippen LogP contribution in [-0.2, 0) is 4.79 Å². The Balaban J connectivity index is 2.40. The second kappa shape index (κ2) is 4.99. The number of piperazine rings is 1. The Labute approximate surface area is 78.8 Å². The third-order valence-corrected chi connectivity index (χ3v) is 2.17. The topological polar surface area (TPSA) is 58.4 Å². The molecule has 0 aromatic carbocycles. The quantitative estimate of drug-likeness (QED) is 0.570. The van der Waals surface area contributed by atoms with Gasteiger partial charge in [-0.2, -0.15) is 0 Å². The molecule has 4 nitrogen and oxygen atoms in total. The van der Waals surface area contributed by atoms with Gasteiger partial charge >= 0.3 is 0 Å². The summed E-state index contributed by atoms with van der Waals surface area (Å²) in [6, 6.07) is -0.407. The highest BCUT2D eigenvalue weighted by Crippen LogP contribution is 1.99. The van der Waals surface area contributed by atoms with Gasteiger partial charge in [0.05, 0.1) is 6.04 Å². The highest BCUT2D eigenvalue weighted by atomic mass is 16.2. The van der Waals surface area contributed by atoms with Crippen molar-refractivity contribution in [2.45, 2.75) is 12.5 Å². The molecular weight excluding hydrogens is 166 g/mol. The van der Waals surface area contributed by atoms with Crippen molar-refractivity contribution < 1.29 is 4.79 Å². The number of carbonyl (C=O) groups is 1. The molecule has 0 radical (unpaired) electrons. The van der Waals surface area contributed by atoms with Crippen molar-refractivity contribution in [2.75, 3.05) is 26.2 Å². The van der Waals surface area contributed by atoms with E-state index in [4.69, 9.17) is 5.73 Å². The average molecular weight is 183 g/mol. The van der Waals surface area contributed by atoms with Gasteiger partial charge in [0.25, 0.3) is 0 Å². The fourth-order valence-electron chi connectivity index (χ4n) is 1.40. The molecule has 3 N–H and O–H groups in total. The van der Waals surface area contributed by atoms with Crippen molar-refractivity contribution in [3.63, 3.8) is 0 Å². The molecule has 0 aromatic rings. The lowest BCUT2D eigenvalue weighted by molar-refractivity contribution is -0.133. The summed E-state index contributed by atoms with van der Waals surface area (Å²) in [6.07, 6.45) is 2.24. The van der Waals surface area contributed by atoms with Gasteiger partial charge in [0.15, 0.2) is 0 Å². The molecule has 0 aliphatic carbocycles. The molecule has 13 heavy (non-hydrogen) atoms. The smallest absolute Gasteiger partial charge is 0.239 e. The predicted molar refractivity (Wildman–Crippen MR) is 52.2 cm³/mol. The van der Waals surface area contributed by atoms with Crippen LogP contribution < -0.4 is 11.1 Å². The van der Waals surface area contributed by atoms with E-state index < -0.39 is 6.04 Å². The first-order valence-corrected chi connectivity index (χ1v) is 4.61. The third-order valence-electron chi connectivity index (χ3n) is 2.17. The van der Waals surface area contributed by atoms with E-state index in [9.17, 15) is 4.79 Å². The maximum atomic E-state index is 11.6. The van der Waals surface area contributed by atoms with E-state index in [2.05, 4.69) is 11.9 Å². The molecule has 1 saturated heterocycles. The van der Waals surface area contributed by atoms with E-state index in [-0.39, 0.29) is 5.91 Å². The molecule has 0 spiro atoms. The summed E-state index contributed by atoms with van der Waals surface area (Å²) in [5.41, 5.74) is 5.68. The van der Waals surface area contributed by atoms with Crippen LogP contribution in [-0.4, -0.2) is 43.0 Å². The van der Waals surface area contributed by atoms with Gasteiger partial charge in [-0.3, -0.25) is 4.79 Å². The first-order chi connectivity index (χ1) is 6.25. The van der Waals surface area contributed by atoms with E-state index in [1.165, 1.54) is 0 Å². The summed E-state index contributed by atoms with van der Waals surface area (Å²) in [4.78, 5) is 13.4. The first kappa shape index (κ1) is 10.2. The normalized spacial score (nSPS) is 19.6. The molecular formula is C9H17N3O. The van der Waals surface area contributed by atoms with Gasteiger partial charge in [-0.1, -0.05) is 6.08 Å². The van der Waals surface area contributed by atoms with E-state index in [0.717, 1.165) is 26.2 Å². The second-order valence-corrected chi connectivity index (χ2v) is 3.21. The Kier molecular flexibility index (Phi) is 3.92. The van der Waals surface area contributed by atoms with Gasteiger partial charge in [-0.25, -0.2) is 0 Å². The monoisotopic (exact) mass is 183 g/mol. The van der Waals surface area contributed by atoms with Gasteiger partial charge < -0.3 is 16.0 Å². The van der Waals surface area contributed by atoms with Crippen LogP contribution >= 0.6 is 0 Å². The molecule has 1 aliphatic heterocycles. The number of nitrogens with two attached hydrogens (primary N) is 1. The summed E-state index contributed by atoms with van der Waals surface area (Å²) in [5, 5.41) is 3.19. The second-order valence-electron chi connectivity index (χ2n) is 3.21. The highest BCUT2D eigenvalue weighted by Gasteiger charge is 2.20. The van der Waals surface area contributed by atoms with Crippen LogP contribution in [0.2, 0.25) is 0 Å². The Morgan fingerprint density at radius 1 is 1.62 bits per heavy atom. The fraction of sp³-hybridized carbons (Fsp3) is 0.667. The number of carbonyl (C=O) groups excluding carboxylic acids is 1. The number of nitrogens with zero attached hydrogens (tertiary/aromatic N) is 1. The Morgan fingerprint density at radius 3 is 2.77 bits per heavy atom. The van der Waals surface area contributed by atoms with Crippen molar-refractivity contribution in [1.29, 1.82) is 0 Å². The summed E-state index contributed by atoms with van der Waals surface area (Å²) in [6.45, 7) is 6.84. The minimum atomic E-state index is -0.407. The van der Waals surface area contributed by atoms with Gasteiger partial charge in [-0.05, 0) is 6.42 Å². The van der Waals surface area contributed by atoms with Gasteiger partial charge in [0.2, 0.25) is 5.91 Å². The van der Waals surface area contributed by atoms with Gasteiger partial charge in [-0.15, -0.1) is 6.58 Å². The van der Waals surface area contributed by atoms with Crippen LogP contribution in [0.3, 0.4) is 0 Å². The lowest BCUT2D eigenvalue weighted by atomic mass is 10.2. The van der Waals surface area contributed by atoms with E-state index >= 15 is 0 Å². The zero-order valence-corrected chi connectivity index (χ0v) is 7.83. The Hall–Kier alpha value is -0.870. The number of hydrogen-bond acceptors (Lipinski definition) is 3. The summed E-state index contributed by atoms with van der Waals surface area (Å²) in [7, 11) is 0. The molecule has 1 aliphatic rings. The fourth-order valence-corrected chi connectivity index (χ4v) is 1.40. The minimum absolute atomic E-state index is 0.0430. The third kappa shape index (κ3) is 2.82. The summed E-state index contributed by atoms with van der Waals surface area (Å²) < 4.78 is 0. The predicted octanol–water partition coefficient (Wildman–Crippen LogP) is -0.678. The molecule has 4 heteroatoms. The van der Waals surface area contributed by atoms with Crippen LogP contribution in [0.5, 0.6) is 0 Å². The van der Waals surface area contributed by atoms with Crippen molar-refractivity contribution in [2.24, 2.45) is 5.73 Å². The zero-order chi connectivity index (χ0) is 9.68. The standard InChI is InChI=1S/C9H17N3O/c1-2-3-8(10)9(13)12-6-4-11-5-7-12/h2,8,11H,1,3-7,10H2. The largest absolute Gasteiger partial charge is 0.339 e. The molecule has 1 heterocycles. The van der Waals surface area contributed by atoms with Crippen LogP contribution in [0.25, 0.3) is 0 Å². The first-order valence-electron chi connectivity index (χ1n) is 4.61. The molecule has 0 bridgehead atoms. The molecule has 1 unspecified atom stereocenters. The lowest BCUT2D eigenvalue weighted by Crippen LogP contribution is -2.51.